The number of fused-ring (bicyclic) bond motifs is 1. The Bertz CT molecular complexity index is 996. The van der Waals surface area contributed by atoms with Crippen molar-refractivity contribution in [3.05, 3.63) is 33.5 Å². The predicted molar refractivity (Wildman–Crippen MR) is 101 cm³/mol. The third-order valence-corrected chi connectivity index (χ3v) is 5.71. The monoisotopic (exact) mass is 444 g/mol. The molecule has 0 bridgehead atoms. The molecule has 0 saturated carbocycles. The van der Waals surface area contributed by atoms with Crippen molar-refractivity contribution in [1.29, 1.82) is 0 Å². The molecule has 162 valence electrons. The molecule has 2 heterocycles. The largest absolute Gasteiger partial charge is 0.462 e. The van der Waals surface area contributed by atoms with Gasteiger partial charge in [0.25, 0.3) is 5.91 Å². The molecule has 2 amide bonds. The Morgan fingerprint density at radius 1 is 1.30 bits per heavy atom. The Morgan fingerprint density at radius 2 is 2.00 bits per heavy atom. The first-order chi connectivity index (χ1) is 14.1. The van der Waals surface area contributed by atoms with Gasteiger partial charge in [-0.15, -0.1) is 11.3 Å². The summed E-state index contributed by atoms with van der Waals surface area (Å²) < 4.78 is 44.9. The number of rotatable bonds is 6. The van der Waals surface area contributed by atoms with Gasteiger partial charge in [0.1, 0.15) is 17.1 Å². The van der Waals surface area contributed by atoms with E-state index < -0.39 is 41.8 Å². The Kier molecular flexibility index (Phi) is 6.15. The fourth-order valence-corrected chi connectivity index (χ4v) is 4.61. The Morgan fingerprint density at radius 3 is 2.63 bits per heavy atom. The van der Waals surface area contributed by atoms with Crippen LogP contribution in [0.5, 0.6) is 0 Å². The van der Waals surface area contributed by atoms with Crippen LogP contribution in [0.3, 0.4) is 0 Å². The van der Waals surface area contributed by atoms with Crippen molar-refractivity contribution < 1.29 is 32.3 Å². The molecule has 8 nitrogen and oxygen atoms in total. The van der Waals surface area contributed by atoms with Gasteiger partial charge in [-0.1, -0.05) is 0 Å². The van der Waals surface area contributed by atoms with Crippen molar-refractivity contribution in [3.8, 4) is 0 Å². The maximum absolute atomic E-state index is 13.2. The van der Waals surface area contributed by atoms with Crippen LogP contribution in [0.4, 0.5) is 18.2 Å². The average molecular weight is 444 g/mol. The molecule has 2 aromatic heterocycles. The van der Waals surface area contributed by atoms with Crippen LogP contribution < -0.4 is 11.1 Å². The molecule has 3 rings (SSSR count). The zero-order valence-electron chi connectivity index (χ0n) is 16.0. The minimum absolute atomic E-state index is 0.110. The van der Waals surface area contributed by atoms with Gasteiger partial charge in [0.15, 0.2) is 5.69 Å². The van der Waals surface area contributed by atoms with E-state index in [0.29, 0.717) is 11.1 Å². The van der Waals surface area contributed by atoms with Gasteiger partial charge in [-0.3, -0.25) is 14.3 Å². The van der Waals surface area contributed by atoms with E-state index >= 15 is 0 Å². The van der Waals surface area contributed by atoms with Crippen LogP contribution in [-0.4, -0.2) is 34.2 Å². The van der Waals surface area contributed by atoms with Crippen molar-refractivity contribution in [2.75, 3.05) is 11.9 Å². The second-order valence-corrected chi connectivity index (χ2v) is 7.74. The number of nitrogens with two attached hydrogens (primary N) is 1. The fourth-order valence-electron chi connectivity index (χ4n) is 3.30. The number of halogens is 3. The summed E-state index contributed by atoms with van der Waals surface area (Å²) in [5, 5.41) is 6.14. The normalized spacial score (nSPS) is 13.6. The molecular formula is C18H19F3N4O4S. The molecule has 3 N–H and O–H groups in total. The van der Waals surface area contributed by atoms with Crippen molar-refractivity contribution in [2.45, 2.75) is 45.3 Å². The molecule has 1 aliphatic carbocycles. The number of anilines is 1. The molecule has 12 heteroatoms. The summed E-state index contributed by atoms with van der Waals surface area (Å²) in [7, 11) is 0. The van der Waals surface area contributed by atoms with Gasteiger partial charge in [0.2, 0.25) is 5.91 Å². The summed E-state index contributed by atoms with van der Waals surface area (Å²) in [5.74, 6) is -2.56. The maximum Gasteiger partial charge on any atom is 0.436 e. The number of hydrogen-bond donors (Lipinski definition) is 2. The minimum atomic E-state index is -4.89. The van der Waals surface area contributed by atoms with E-state index in [1.54, 1.807) is 0 Å². The van der Waals surface area contributed by atoms with Crippen LogP contribution in [0, 0.1) is 0 Å². The number of esters is 1. The zero-order valence-corrected chi connectivity index (χ0v) is 16.8. The summed E-state index contributed by atoms with van der Waals surface area (Å²) in [5.41, 5.74) is 4.32. The summed E-state index contributed by atoms with van der Waals surface area (Å²) in [6, 6.07) is 0. The number of nitrogens with one attached hydrogen (secondary N) is 1. The van der Waals surface area contributed by atoms with E-state index in [4.69, 9.17) is 5.73 Å². The van der Waals surface area contributed by atoms with Gasteiger partial charge in [-0.2, -0.15) is 18.3 Å². The lowest BCUT2D eigenvalue weighted by atomic mass is 9.95. The van der Waals surface area contributed by atoms with Crippen LogP contribution in [0.25, 0.3) is 0 Å². The standard InChI is InChI=1S/C18H19F3N4O4S/c1-2-29-17(28)10-7-25(24-14(10)18(19,20)21)8-12(26)23-16-13(15(22)27)9-5-3-4-6-11(9)30-16/h7H,2-6,8H2,1H3,(H2,22,27)(H,23,26). The first-order valence-corrected chi connectivity index (χ1v) is 9.99. The number of nitrogens with zero attached hydrogens (tertiary/aromatic N) is 2. The number of alkyl halides is 3. The molecule has 2 aromatic rings. The molecule has 1 aliphatic rings. The zero-order chi connectivity index (χ0) is 22.1. The van der Waals surface area contributed by atoms with Gasteiger partial charge in [-0.25, -0.2) is 4.79 Å². The molecule has 0 aliphatic heterocycles. The fraction of sp³-hybridized carbons (Fsp3) is 0.444. The van der Waals surface area contributed by atoms with E-state index in [0.717, 1.165) is 35.9 Å². The molecule has 30 heavy (non-hydrogen) atoms. The van der Waals surface area contributed by atoms with Crippen LogP contribution >= 0.6 is 11.3 Å². The number of amides is 2. The lowest BCUT2D eigenvalue weighted by molar-refractivity contribution is -0.142. The number of carbonyl (C=O) groups excluding carboxylic acids is 3. The third kappa shape index (κ3) is 4.48. The molecule has 0 unspecified atom stereocenters. The van der Waals surface area contributed by atoms with Gasteiger partial charge in [-0.05, 0) is 38.2 Å². The van der Waals surface area contributed by atoms with Crippen molar-refractivity contribution in [1.82, 2.24) is 9.78 Å². The number of thiophene rings is 1. The molecule has 0 aromatic carbocycles. The summed E-state index contributed by atoms with van der Waals surface area (Å²) in [6.45, 7) is 0.754. The van der Waals surface area contributed by atoms with Crippen molar-refractivity contribution in [3.63, 3.8) is 0 Å². The SMILES string of the molecule is CCOC(=O)c1cn(CC(=O)Nc2sc3c(c2C(N)=O)CCCC3)nc1C(F)(F)F. The van der Waals surface area contributed by atoms with E-state index in [9.17, 15) is 27.6 Å². The van der Waals surface area contributed by atoms with Gasteiger partial charge in [0, 0.05) is 11.1 Å². The lowest BCUT2D eigenvalue weighted by Crippen LogP contribution is -2.22. The highest BCUT2D eigenvalue weighted by Crippen LogP contribution is 2.38. The number of primary amides is 1. The number of hydrogen-bond acceptors (Lipinski definition) is 6. The second-order valence-electron chi connectivity index (χ2n) is 6.63. The topological polar surface area (TPSA) is 116 Å². The van der Waals surface area contributed by atoms with Gasteiger partial charge >= 0.3 is 12.1 Å². The minimum Gasteiger partial charge on any atom is -0.462 e. The first kappa shape index (κ1) is 21.8. The van der Waals surface area contributed by atoms with E-state index in [2.05, 4.69) is 15.2 Å². The highest BCUT2D eigenvalue weighted by molar-refractivity contribution is 7.17. The second kappa shape index (κ2) is 8.46. The molecule has 0 fully saturated rings. The van der Waals surface area contributed by atoms with Crippen LogP contribution in [-0.2, 0) is 35.1 Å². The van der Waals surface area contributed by atoms with E-state index in [1.807, 2.05) is 0 Å². The Labute approximate surface area is 173 Å². The van der Waals surface area contributed by atoms with Crippen molar-refractivity contribution >= 4 is 34.1 Å². The Balaban J connectivity index is 1.83. The molecule has 0 radical (unpaired) electrons. The molecule has 0 spiro atoms. The highest BCUT2D eigenvalue weighted by Gasteiger charge is 2.40. The van der Waals surface area contributed by atoms with E-state index in [-0.39, 0.29) is 17.2 Å². The summed E-state index contributed by atoms with van der Waals surface area (Å²) in [6.07, 6.45) is -0.764. The number of ether oxygens (including phenoxy) is 1. The van der Waals surface area contributed by atoms with Crippen LogP contribution in [0.2, 0.25) is 0 Å². The molecular weight excluding hydrogens is 425 g/mol. The van der Waals surface area contributed by atoms with Crippen molar-refractivity contribution in [2.24, 2.45) is 5.73 Å². The van der Waals surface area contributed by atoms with E-state index in [1.165, 1.54) is 18.3 Å². The quantitative estimate of drug-likeness (QED) is 0.665. The predicted octanol–water partition coefficient (Wildman–Crippen LogP) is 2.76. The lowest BCUT2D eigenvalue weighted by Gasteiger charge is -2.11. The first-order valence-electron chi connectivity index (χ1n) is 9.17. The molecule has 0 saturated heterocycles. The van der Waals surface area contributed by atoms with Crippen LogP contribution in [0.15, 0.2) is 6.20 Å². The number of aromatic nitrogens is 2. The van der Waals surface area contributed by atoms with Gasteiger partial charge in [0.05, 0.1) is 12.2 Å². The smallest absolute Gasteiger partial charge is 0.436 e. The summed E-state index contributed by atoms with van der Waals surface area (Å²) >= 11 is 1.24. The Hall–Kier alpha value is -2.89. The van der Waals surface area contributed by atoms with Gasteiger partial charge < -0.3 is 15.8 Å². The average Bonchev–Trinajstić information content (AvgIpc) is 3.22. The number of aryl methyl sites for hydroxylation is 1. The third-order valence-electron chi connectivity index (χ3n) is 4.50. The highest BCUT2D eigenvalue weighted by atomic mass is 32.1. The number of carbonyl (C=O) groups is 3. The maximum atomic E-state index is 13.2. The molecule has 0 atom stereocenters. The van der Waals surface area contributed by atoms with Crippen LogP contribution in [0.1, 0.15) is 56.6 Å². The summed E-state index contributed by atoms with van der Waals surface area (Å²) in [4.78, 5) is 37.1.